The van der Waals surface area contributed by atoms with Crippen LogP contribution < -0.4 is 11.1 Å². The van der Waals surface area contributed by atoms with Crippen LogP contribution in [0.1, 0.15) is 29.5 Å². The van der Waals surface area contributed by atoms with Gasteiger partial charge in [0.05, 0.1) is 5.41 Å². The number of carbonyl (C=O) groups excluding carboxylic acids is 2. The molecule has 3 aromatic rings. The van der Waals surface area contributed by atoms with Crippen molar-refractivity contribution < 1.29 is 9.59 Å². The van der Waals surface area contributed by atoms with Gasteiger partial charge in [0.2, 0.25) is 11.8 Å². The molecule has 3 rings (SSSR count). The minimum absolute atomic E-state index is 0.131. The first-order valence-electron chi connectivity index (χ1n) is 9.94. The second kappa shape index (κ2) is 9.70. The minimum Gasteiger partial charge on any atom is -0.368 e. The number of primary amides is 1. The third-order valence-electron chi connectivity index (χ3n) is 5.31. The monoisotopic (exact) mass is 398 g/mol. The van der Waals surface area contributed by atoms with Crippen LogP contribution in [-0.2, 0) is 15.0 Å². The van der Waals surface area contributed by atoms with Gasteiger partial charge in [-0.15, -0.1) is 6.58 Å². The van der Waals surface area contributed by atoms with Crippen LogP contribution in [0.2, 0.25) is 0 Å². The normalized spacial score (nSPS) is 12.0. The molecule has 0 aliphatic heterocycles. The standard InChI is InChI=1S/C26H26N2O2/c1-2-12-23(25(27)30)28-24(29)19-26(20-13-6-3-7-14-20,21-15-8-4-9-16-21)22-17-10-5-11-18-22/h2-11,13-18,23H,1,12,19H2,(H2,27,30)(H,28,29)/t23-/m1/s1. The highest BCUT2D eigenvalue weighted by Crippen LogP contribution is 2.42. The zero-order valence-corrected chi connectivity index (χ0v) is 16.8. The zero-order valence-electron chi connectivity index (χ0n) is 16.8. The van der Waals surface area contributed by atoms with Gasteiger partial charge < -0.3 is 11.1 Å². The first kappa shape index (κ1) is 21.1. The Kier molecular flexibility index (Phi) is 6.81. The van der Waals surface area contributed by atoms with Crippen LogP contribution in [0.25, 0.3) is 0 Å². The molecule has 0 aromatic heterocycles. The SMILES string of the molecule is C=CC[C@@H](NC(=O)CC(c1ccccc1)(c1ccccc1)c1ccccc1)C(N)=O. The van der Waals surface area contributed by atoms with E-state index in [2.05, 4.69) is 11.9 Å². The molecule has 0 saturated heterocycles. The van der Waals surface area contributed by atoms with Crippen molar-refractivity contribution in [2.45, 2.75) is 24.3 Å². The molecule has 1 atom stereocenters. The molecule has 3 aromatic carbocycles. The summed E-state index contributed by atoms with van der Waals surface area (Å²) >= 11 is 0. The Morgan fingerprint density at radius 3 is 1.57 bits per heavy atom. The second-order valence-electron chi connectivity index (χ2n) is 7.23. The first-order valence-corrected chi connectivity index (χ1v) is 9.94. The molecule has 0 spiro atoms. The van der Waals surface area contributed by atoms with E-state index in [1.165, 1.54) is 0 Å². The molecule has 0 radical (unpaired) electrons. The number of hydrogen-bond acceptors (Lipinski definition) is 2. The van der Waals surface area contributed by atoms with Gasteiger partial charge >= 0.3 is 0 Å². The summed E-state index contributed by atoms with van der Waals surface area (Å²) in [6.07, 6.45) is 2.00. The van der Waals surface area contributed by atoms with Gasteiger partial charge in [-0.25, -0.2) is 0 Å². The average Bonchev–Trinajstić information content (AvgIpc) is 2.79. The maximum absolute atomic E-state index is 13.2. The van der Waals surface area contributed by atoms with Gasteiger partial charge in [-0.1, -0.05) is 97.1 Å². The largest absolute Gasteiger partial charge is 0.368 e. The summed E-state index contributed by atoms with van der Waals surface area (Å²) in [4.78, 5) is 25.0. The lowest BCUT2D eigenvalue weighted by Gasteiger charge is -2.36. The highest BCUT2D eigenvalue weighted by Gasteiger charge is 2.38. The molecule has 30 heavy (non-hydrogen) atoms. The Labute approximate surface area is 177 Å². The van der Waals surface area contributed by atoms with E-state index in [1.54, 1.807) is 6.08 Å². The Balaban J connectivity index is 2.13. The molecule has 4 nitrogen and oxygen atoms in total. The third kappa shape index (κ3) is 4.49. The van der Waals surface area contributed by atoms with Crippen LogP contribution in [0.3, 0.4) is 0 Å². The Bertz CT molecular complexity index is 889. The van der Waals surface area contributed by atoms with Crippen molar-refractivity contribution in [3.05, 3.63) is 120 Å². The number of benzene rings is 3. The maximum Gasteiger partial charge on any atom is 0.240 e. The lowest BCUT2D eigenvalue weighted by molar-refractivity contribution is -0.127. The molecule has 3 N–H and O–H groups in total. The van der Waals surface area contributed by atoms with E-state index in [-0.39, 0.29) is 18.7 Å². The van der Waals surface area contributed by atoms with Crippen molar-refractivity contribution in [3.63, 3.8) is 0 Å². The molecule has 0 unspecified atom stereocenters. The summed E-state index contributed by atoms with van der Waals surface area (Å²) in [6.45, 7) is 3.65. The smallest absolute Gasteiger partial charge is 0.240 e. The van der Waals surface area contributed by atoms with E-state index in [0.717, 1.165) is 16.7 Å². The lowest BCUT2D eigenvalue weighted by atomic mass is 9.67. The summed E-state index contributed by atoms with van der Waals surface area (Å²) in [5.41, 5.74) is 7.74. The number of hydrogen-bond donors (Lipinski definition) is 2. The summed E-state index contributed by atoms with van der Waals surface area (Å²) in [6, 6.07) is 29.1. The van der Waals surface area contributed by atoms with Crippen molar-refractivity contribution in [2.75, 3.05) is 0 Å². The van der Waals surface area contributed by atoms with Gasteiger partial charge in [0.1, 0.15) is 6.04 Å². The number of nitrogens with two attached hydrogens (primary N) is 1. The van der Waals surface area contributed by atoms with Crippen molar-refractivity contribution in [3.8, 4) is 0 Å². The van der Waals surface area contributed by atoms with E-state index >= 15 is 0 Å². The molecule has 0 bridgehead atoms. The quantitative estimate of drug-likeness (QED) is 0.423. The Morgan fingerprint density at radius 1 is 0.833 bits per heavy atom. The highest BCUT2D eigenvalue weighted by molar-refractivity contribution is 5.88. The van der Waals surface area contributed by atoms with Gasteiger partial charge in [0, 0.05) is 6.42 Å². The molecule has 2 amide bonds. The average molecular weight is 399 g/mol. The zero-order chi connectivity index (χ0) is 21.4. The van der Waals surface area contributed by atoms with Crippen LogP contribution in [-0.4, -0.2) is 17.9 Å². The van der Waals surface area contributed by atoms with Crippen molar-refractivity contribution in [1.82, 2.24) is 5.32 Å². The van der Waals surface area contributed by atoms with Gasteiger partial charge in [-0.2, -0.15) is 0 Å². The van der Waals surface area contributed by atoms with Crippen molar-refractivity contribution in [2.24, 2.45) is 5.73 Å². The molecule has 4 heteroatoms. The van der Waals surface area contributed by atoms with Crippen LogP contribution in [0.4, 0.5) is 0 Å². The van der Waals surface area contributed by atoms with Gasteiger partial charge in [-0.3, -0.25) is 9.59 Å². The summed E-state index contributed by atoms with van der Waals surface area (Å²) in [7, 11) is 0. The Morgan fingerprint density at radius 2 is 1.23 bits per heavy atom. The van der Waals surface area contributed by atoms with Crippen LogP contribution >= 0.6 is 0 Å². The number of rotatable bonds is 9. The summed E-state index contributed by atoms with van der Waals surface area (Å²) < 4.78 is 0. The molecular formula is C26H26N2O2. The summed E-state index contributed by atoms with van der Waals surface area (Å²) in [5, 5.41) is 2.80. The van der Waals surface area contributed by atoms with Crippen LogP contribution in [0.15, 0.2) is 104 Å². The highest BCUT2D eigenvalue weighted by atomic mass is 16.2. The molecule has 0 aliphatic carbocycles. The van der Waals surface area contributed by atoms with Crippen molar-refractivity contribution in [1.29, 1.82) is 0 Å². The first-order chi connectivity index (χ1) is 14.6. The second-order valence-corrected chi connectivity index (χ2v) is 7.23. The van der Waals surface area contributed by atoms with Crippen LogP contribution in [0, 0.1) is 0 Å². The van der Waals surface area contributed by atoms with E-state index in [0.29, 0.717) is 0 Å². The summed E-state index contributed by atoms with van der Waals surface area (Å²) in [5.74, 6) is -0.829. The molecular weight excluding hydrogens is 372 g/mol. The lowest BCUT2D eigenvalue weighted by Crippen LogP contribution is -2.46. The fourth-order valence-electron chi connectivity index (χ4n) is 3.87. The fraction of sp³-hybridized carbons (Fsp3) is 0.154. The fourth-order valence-corrected chi connectivity index (χ4v) is 3.87. The van der Waals surface area contributed by atoms with E-state index in [9.17, 15) is 9.59 Å². The van der Waals surface area contributed by atoms with Gasteiger partial charge in [-0.05, 0) is 23.1 Å². The predicted octanol–water partition coefficient (Wildman–Crippen LogP) is 3.96. The van der Waals surface area contributed by atoms with Gasteiger partial charge in [0.25, 0.3) is 0 Å². The van der Waals surface area contributed by atoms with E-state index < -0.39 is 17.4 Å². The van der Waals surface area contributed by atoms with E-state index in [1.807, 2.05) is 91.0 Å². The number of amides is 2. The van der Waals surface area contributed by atoms with Crippen molar-refractivity contribution >= 4 is 11.8 Å². The Hall–Kier alpha value is -3.66. The van der Waals surface area contributed by atoms with Gasteiger partial charge in [0.15, 0.2) is 0 Å². The molecule has 152 valence electrons. The molecule has 0 fully saturated rings. The predicted molar refractivity (Wildman–Crippen MR) is 120 cm³/mol. The number of carbonyl (C=O) groups is 2. The molecule has 0 saturated carbocycles. The topological polar surface area (TPSA) is 72.2 Å². The maximum atomic E-state index is 13.2. The molecule has 0 heterocycles. The minimum atomic E-state index is -0.782. The number of nitrogens with one attached hydrogen (secondary N) is 1. The van der Waals surface area contributed by atoms with E-state index in [4.69, 9.17) is 5.73 Å². The van der Waals surface area contributed by atoms with Crippen LogP contribution in [0.5, 0.6) is 0 Å². The third-order valence-corrected chi connectivity index (χ3v) is 5.31. The molecule has 0 aliphatic rings.